The molecule has 0 radical (unpaired) electrons. The van der Waals surface area contributed by atoms with Gasteiger partial charge in [0.05, 0.1) is 14.2 Å². The Hall–Kier alpha value is -1.18. The second-order valence-electron chi connectivity index (χ2n) is 6.21. The molecule has 1 aliphatic heterocycles. The quantitative estimate of drug-likeness (QED) is 0.315. The van der Waals surface area contributed by atoms with Crippen LogP contribution in [0.3, 0.4) is 0 Å². The van der Waals surface area contributed by atoms with Crippen molar-refractivity contribution in [1.82, 2.24) is 4.90 Å². The molecule has 1 heterocycles. The van der Waals surface area contributed by atoms with Gasteiger partial charge in [-0.3, -0.25) is 4.99 Å². The van der Waals surface area contributed by atoms with Crippen molar-refractivity contribution < 1.29 is 9.47 Å². The molecule has 0 spiro atoms. The number of aliphatic imine (C=N–C) groups is 1. The number of rotatable bonds is 6. The third-order valence-corrected chi connectivity index (χ3v) is 4.35. The molecule has 5 nitrogen and oxygen atoms in total. The van der Waals surface area contributed by atoms with Gasteiger partial charge in [-0.25, -0.2) is 0 Å². The third kappa shape index (κ3) is 6.03. The van der Waals surface area contributed by atoms with Crippen molar-refractivity contribution in [2.24, 2.45) is 16.6 Å². The van der Waals surface area contributed by atoms with Gasteiger partial charge in [0, 0.05) is 19.6 Å². The number of likely N-dealkylation sites (tertiary alicyclic amines) is 1. The van der Waals surface area contributed by atoms with Crippen LogP contribution in [0, 0.1) is 5.92 Å². The fourth-order valence-corrected chi connectivity index (χ4v) is 3.04. The molecule has 24 heavy (non-hydrogen) atoms. The fourth-order valence-electron chi connectivity index (χ4n) is 3.04. The van der Waals surface area contributed by atoms with E-state index in [1.807, 2.05) is 18.2 Å². The first-order valence-corrected chi connectivity index (χ1v) is 8.39. The second kappa shape index (κ2) is 10.6. The van der Waals surface area contributed by atoms with E-state index in [0.29, 0.717) is 11.9 Å². The zero-order valence-corrected chi connectivity index (χ0v) is 17.3. The maximum atomic E-state index is 6.12. The lowest BCUT2D eigenvalue weighted by Crippen LogP contribution is -2.43. The summed E-state index contributed by atoms with van der Waals surface area (Å²) in [5.41, 5.74) is 7.27. The lowest BCUT2D eigenvalue weighted by molar-refractivity contribution is 0.270. The summed E-state index contributed by atoms with van der Waals surface area (Å²) in [6, 6.07) is 5.88. The van der Waals surface area contributed by atoms with Crippen LogP contribution in [0.4, 0.5) is 0 Å². The predicted octanol–water partition coefficient (Wildman–Crippen LogP) is 3.30. The van der Waals surface area contributed by atoms with Crippen LogP contribution in [0.1, 0.15) is 31.7 Å². The number of nitrogens with two attached hydrogens (primary N) is 1. The van der Waals surface area contributed by atoms with Crippen LogP contribution in [0.2, 0.25) is 0 Å². The average molecular weight is 447 g/mol. The van der Waals surface area contributed by atoms with Gasteiger partial charge in [-0.1, -0.05) is 6.92 Å². The minimum atomic E-state index is 0. The zero-order chi connectivity index (χ0) is 16.7. The number of hydrogen-bond donors (Lipinski definition) is 1. The van der Waals surface area contributed by atoms with Crippen LogP contribution in [0.25, 0.3) is 0 Å². The second-order valence-corrected chi connectivity index (χ2v) is 6.21. The monoisotopic (exact) mass is 447 g/mol. The molecule has 1 unspecified atom stereocenters. The van der Waals surface area contributed by atoms with Gasteiger partial charge in [0.2, 0.25) is 0 Å². The molecule has 2 rings (SSSR count). The van der Waals surface area contributed by atoms with Crippen LogP contribution in [0.5, 0.6) is 11.5 Å². The SMILES string of the molecule is COc1ccc(OC)c(CCCN=C(N)N2CCCC(C)C2)c1.I. The Morgan fingerprint density at radius 2 is 2.12 bits per heavy atom. The molecule has 1 fully saturated rings. The Balaban J connectivity index is 0.00000288. The molecule has 0 saturated carbocycles. The van der Waals surface area contributed by atoms with Crippen LogP contribution in [-0.2, 0) is 6.42 Å². The molecule has 1 saturated heterocycles. The highest BCUT2D eigenvalue weighted by molar-refractivity contribution is 14.0. The van der Waals surface area contributed by atoms with Crippen molar-refractivity contribution in [3.8, 4) is 11.5 Å². The Bertz CT molecular complexity index is 537. The molecule has 0 aliphatic carbocycles. The molecule has 1 aromatic rings. The third-order valence-electron chi connectivity index (χ3n) is 4.35. The Morgan fingerprint density at radius 3 is 2.79 bits per heavy atom. The number of piperidine rings is 1. The highest BCUT2D eigenvalue weighted by Crippen LogP contribution is 2.25. The Morgan fingerprint density at radius 1 is 1.33 bits per heavy atom. The van der Waals surface area contributed by atoms with E-state index < -0.39 is 0 Å². The number of benzene rings is 1. The van der Waals surface area contributed by atoms with Crippen molar-refractivity contribution >= 4 is 29.9 Å². The summed E-state index contributed by atoms with van der Waals surface area (Å²) in [6.07, 6.45) is 4.33. The van der Waals surface area contributed by atoms with Crippen molar-refractivity contribution in [2.45, 2.75) is 32.6 Å². The average Bonchev–Trinajstić information content (AvgIpc) is 2.58. The summed E-state index contributed by atoms with van der Waals surface area (Å²) in [4.78, 5) is 6.75. The molecule has 1 aliphatic rings. The lowest BCUT2D eigenvalue weighted by atomic mass is 10.0. The number of hydrogen-bond acceptors (Lipinski definition) is 3. The summed E-state index contributed by atoms with van der Waals surface area (Å²) in [5, 5.41) is 0. The van der Waals surface area contributed by atoms with Crippen LogP contribution in [0.15, 0.2) is 23.2 Å². The van der Waals surface area contributed by atoms with E-state index in [1.54, 1.807) is 14.2 Å². The molecule has 0 aromatic heterocycles. The fraction of sp³-hybridized carbons (Fsp3) is 0.611. The largest absolute Gasteiger partial charge is 0.497 e. The molecule has 2 N–H and O–H groups in total. The van der Waals surface area contributed by atoms with Gasteiger partial charge in [-0.05, 0) is 55.4 Å². The normalized spacial score (nSPS) is 18.0. The van der Waals surface area contributed by atoms with Crippen LogP contribution in [-0.4, -0.2) is 44.7 Å². The van der Waals surface area contributed by atoms with Crippen LogP contribution >= 0.6 is 24.0 Å². The van der Waals surface area contributed by atoms with E-state index in [4.69, 9.17) is 15.2 Å². The number of methoxy groups -OCH3 is 2. The highest BCUT2D eigenvalue weighted by atomic mass is 127. The molecule has 1 atom stereocenters. The van der Waals surface area contributed by atoms with Crippen molar-refractivity contribution in [1.29, 1.82) is 0 Å². The summed E-state index contributed by atoms with van der Waals surface area (Å²) in [7, 11) is 3.37. The Labute approximate surface area is 162 Å². The van der Waals surface area contributed by atoms with Gasteiger partial charge >= 0.3 is 0 Å². The van der Waals surface area contributed by atoms with E-state index in [2.05, 4.69) is 16.8 Å². The van der Waals surface area contributed by atoms with Crippen molar-refractivity contribution in [3.63, 3.8) is 0 Å². The van der Waals surface area contributed by atoms with Gasteiger partial charge in [0.15, 0.2) is 5.96 Å². The molecular weight excluding hydrogens is 417 g/mol. The molecule has 136 valence electrons. The van der Waals surface area contributed by atoms with E-state index >= 15 is 0 Å². The van der Waals surface area contributed by atoms with Crippen molar-refractivity contribution in [3.05, 3.63) is 23.8 Å². The summed E-state index contributed by atoms with van der Waals surface area (Å²) >= 11 is 0. The van der Waals surface area contributed by atoms with Gasteiger partial charge in [-0.2, -0.15) is 0 Å². The highest BCUT2D eigenvalue weighted by Gasteiger charge is 2.17. The smallest absolute Gasteiger partial charge is 0.191 e. The first kappa shape index (κ1) is 20.9. The van der Waals surface area contributed by atoms with Gasteiger partial charge < -0.3 is 20.1 Å². The zero-order valence-electron chi connectivity index (χ0n) is 15.0. The van der Waals surface area contributed by atoms with Crippen LogP contribution < -0.4 is 15.2 Å². The Kier molecular flexibility index (Phi) is 9.25. The van der Waals surface area contributed by atoms with Gasteiger partial charge in [-0.15, -0.1) is 24.0 Å². The van der Waals surface area contributed by atoms with Gasteiger partial charge in [0.1, 0.15) is 11.5 Å². The number of aryl methyl sites for hydroxylation is 1. The number of halogens is 1. The summed E-state index contributed by atoms with van der Waals surface area (Å²) < 4.78 is 10.7. The minimum Gasteiger partial charge on any atom is -0.497 e. The molecule has 0 bridgehead atoms. The number of ether oxygens (including phenoxy) is 2. The first-order valence-electron chi connectivity index (χ1n) is 8.39. The number of guanidine groups is 1. The minimum absolute atomic E-state index is 0. The van der Waals surface area contributed by atoms with Crippen molar-refractivity contribution in [2.75, 3.05) is 33.9 Å². The maximum Gasteiger partial charge on any atom is 0.191 e. The molecule has 0 amide bonds. The standard InChI is InChI=1S/C18H29N3O2.HI/c1-14-6-5-11-21(13-14)18(19)20-10-4-7-15-12-16(22-2)8-9-17(15)23-3;/h8-9,12,14H,4-7,10-11,13H2,1-3H3,(H2,19,20);1H. The summed E-state index contributed by atoms with van der Waals surface area (Å²) in [6.45, 7) is 5.06. The molecule has 6 heteroatoms. The van der Waals surface area contributed by atoms with E-state index in [1.165, 1.54) is 12.8 Å². The lowest BCUT2D eigenvalue weighted by Gasteiger charge is -2.31. The first-order chi connectivity index (χ1) is 11.1. The number of nitrogens with zero attached hydrogens (tertiary/aromatic N) is 2. The van der Waals surface area contributed by atoms with Gasteiger partial charge in [0.25, 0.3) is 0 Å². The van der Waals surface area contributed by atoms with E-state index in [-0.39, 0.29) is 24.0 Å². The summed E-state index contributed by atoms with van der Waals surface area (Å²) in [5.74, 6) is 3.14. The van der Waals surface area contributed by atoms with E-state index in [9.17, 15) is 0 Å². The topological polar surface area (TPSA) is 60.1 Å². The predicted molar refractivity (Wildman–Crippen MR) is 110 cm³/mol. The molecular formula is C18H30IN3O2. The maximum absolute atomic E-state index is 6.12. The molecule has 1 aromatic carbocycles. The van der Waals surface area contributed by atoms with E-state index in [0.717, 1.165) is 49.5 Å².